The van der Waals surface area contributed by atoms with Crippen LogP contribution in [0.3, 0.4) is 0 Å². The summed E-state index contributed by atoms with van der Waals surface area (Å²) >= 11 is 0. The molecule has 0 aromatic carbocycles. The molecule has 0 atom stereocenters. The highest BCUT2D eigenvalue weighted by atomic mass is 19.1. The van der Waals surface area contributed by atoms with Gasteiger partial charge in [-0.05, 0) is 29.4 Å². The molecule has 0 radical (unpaired) electrons. The Kier molecular flexibility index (Phi) is 1.47. The minimum Gasteiger partial charge on any atom is -0.261 e. The van der Waals surface area contributed by atoms with E-state index in [9.17, 15) is 4.39 Å². The Hall–Kier alpha value is -0.920. The number of nitrogens with zero attached hydrogens (tertiary/aromatic N) is 1. The fourth-order valence-electron chi connectivity index (χ4n) is 1.87. The van der Waals surface area contributed by atoms with E-state index in [0.717, 1.165) is 24.0 Å². The zero-order valence-electron chi connectivity index (χ0n) is 7.39. The first-order valence-electron chi connectivity index (χ1n) is 4.24. The normalized spacial score (nSPS) is 19.2. The Balaban J connectivity index is 2.61. The van der Waals surface area contributed by atoms with Crippen LogP contribution in [0, 0.1) is 5.82 Å². The van der Waals surface area contributed by atoms with Crippen LogP contribution in [0.25, 0.3) is 0 Å². The van der Waals surface area contributed by atoms with E-state index in [1.807, 2.05) is 0 Å². The Morgan fingerprint density at radius 3 is 2.83 bits per heavy atom. The molecule has 0 saturated heterocycles. The summed E-state index contributed by atoms with van der Waals surface area (Å²) in [5, 5.41) is 0. The fraction of sp³-hybridized carbons (Fsp3) is 0.500. The maximum absolute atomic E-state index is 13.2. The third-order valence-electron chi connectivity index (χ3n) is 2.73. The molecule has 1 aliphatic rings. The Labute approximate surface area is 71.6 Å². The number of hydrogen-bond acceptors (Lipinski definition) is 1. The van der Waals surface area contributed by atoms with Gasteiger partial charge in [0.2, 0.25) is 0 Å². The van der Waals surface area contributed by atoms with Gasteiger partial charge < -0.3 is 0 Å². The van der Waals surface area contributed by atoms with Crippen molar-refractivity contribution in [3.05, 3.63) is 29.3 Å². The van der Waals surface area contributed by atoms with Gasteiger partial charge >= 0.3 is 0 Å². The molecule has 0 spiro atoms. The van der Waals surface area contributed by atoms with Gasteiger partial charge in [0.25, 0.3) is 0 Å². The van der Waals surface area contributed by atoms with Gasteiger partial charge in [-0.25, -0.2) is 4.39 Å². The van der Waals surface area contributed by atoms with Crippen molar-refractivity contribution in [3.63, 3.8) is 0 Å². The topological polar surface area (TPSA) is 12.9 Å². The van der Waals surface area contributed by atoms with Crippen molar-refractivity contribution < 1.29 is 4.39 Å². The molecule has 1 aromatic rings. The molecular formula is C10H12FN. The summed E-state index contributed by atoms with van der Waals surface area (Å²) in [6.07, 6.45) is 4.99. The number of hydrogen-bond donors (Lipinski definition) is 0. The quantitative estimate of drug-likeness (QED) is 0.575. The molecule has 0 bridgehead atoms. The second-order valence-corrected chi connectivity index (χ2v) is 4.03. The molecule has 0 saturated carbocycles. The Morgan fingerprint density at radius 1 is 1.42 bits per heavy atom. The van der Waals surface area contributed by atoms with E-state index in [2.05, 4.69) is 18.8 Å². The highest BCUT2D eigenvalue weighted by Gasteiger charge is 2.31. The van der Waals surface area contributed by atoms with Crippen LogP contribution in [0.4, 0.5) is 4.39 Å². The maximum Gasteiger partial charge on any atom is 0.144 e. The zero-order valence-corrected chi connectivity index (χ0v) is 7.39. The molecule has 1 aromatic heterocycles. The average molecular weight is 165 g/mol. The van der Waals surface area contributed by atoms with Crippen LogP contribution in [0.1, 0.15) is 31.4 Å². The summed E-state index contributed by atoms with van der Waals surface area (Å²) in [5.41, 5.74) is 2.07. The van der Waals surface area contributed by atoms with Gasteiger partial charge in [0, 0.05) is 6.20 Å². The second kappa shape index (κ2) is 2.28. The van der Waals surface area contributed by atoms with Gasteiger partial charge in [-0.1, -0.05) is 13.8 Å². The number of rotatable bonds is 0. The summed E-state index contributed by atoms with van der Waals surface area (Å²) in [6.45, 7) is 4.28. The zero-order chi connectivity index (χ0) is 8.77. The average Bonchev–Trinajstić information content (AvgIpc) is 2.30. The van der Waals surface area contributed by atoms with E-state index >= 15 is 0 Å². The standard InChI is InChI=1S/C10H12FN/c1-10(2)4-3-7-8(10)5-12-6-9(7)11/h5-6H,3-4H2,1-2H3. The first-order valence-corrected chi connectivity index (χ1v) is 4.24. The molecule has 1 aliphatic carbocycles. The van der Waals surface area contributed by atoms with E-state index in [1.165, 1.54) is 6.20 Å². The molecule has 0 unspecified atom stereocenters. The summed E-state index contributed by atoms with van der Waals surface area (Å²) in [4.78, 5) is 3.88. The third kappa shape index (κ3) is 0.942. The van der Waals surface area contributed by atoms with Crippen molar-refractivity contribution in [2.75, 3.05) is 0 Å². The van der Waals surface area contributed by atoms with Crippen LogP contribution in [0.5, 0.6) is 0 Å². The lowest BCUT2D eigenvalue weighted by atomic mass is 9.88. The van der Waals surface area contributed by atoms with Crippen LogP contribution in [0.2, 0.25) is 0 Å². The minimum atomic E-state index is -0.141. The molecule has 1 nitrogen and oxygen atoms in total. The van der Waals surface area contributed by atoms with Crippen LogP contribution in [-0.4, -0.2) is 4.98 Å². The van der Waals surface area contributed by atoms with E-state index in [-0.39, 0.29) is 11.2 Å². The van der Waals surface area contributed by atoms with Crippen molar-refractivity contribution in [3.8, 4) is 0 Å². The Morgan fingerprint density at radius 2 is 2.17 bits per heavy atom. The first-order chi connectivity index (χ1) is 5.61. The van der Waals surface area contributed by atoms with Crippen molar-refractivity contribution in [1.82, 2.24) is 4.98 Å². The molecule has 1 heterocycles. The van der Waals surface area contributed by atoms with Crippen molar-refractivity contribution in [1.29, 1.82) is 0 Å². The van der Waals surface area contributed by atoms with Crippen molar-refractivity contribution in [2.24, 2.45) is 0 Å². The predicted octanol–water partition coefficient (Wildman–Crippen LogP) is 2.44. The van der Waals surface area contributed by atoms with Gasteiger partial charge in [0.15, 0.2) is 0 Å². The van der Waals surface area contributed by atoms with Gasteiger partial charge in [-0.3, -0.25) is 4.98 Å². The summed E-state index contributed by atoms with van der Waals surface area (Å²) < 4.78 is 13.2. The number of halogens is 1. The monoisotopic (exact) mass is 165 g/mol. The highest BCUT2D eigenvalue weighted by Crippen LogP contribution is 2.38. The molecule has 0 aliphatic heterocycles. The molecule has 0 amide bonds. The lowest BCUT2D eigenvalue weighted by Gasteiger charge is -2.17. The lowest BCUT2D eigenvalue weighted by Crippen LogP contribution is -2.12. The van der Waals surface area contributed by atoms with Gasteiger partial charge in [0.1, 0.15) is 5.82 Å². The SMILES string of the molecule is CC1(C)CCc2c(F)cncc21. The molecule has 12 heavy (non-hydrogen) atoms. The summed E-state index contributed by atoms with van der Waals surface area (Å²) in [7, 11) is 0. The molecule has 0 fully saturated rings. The summed E-state index contributed by atoms with van der Waals surface area (Å²) in [5.74, 6) is -0.141. The number of aromatic nitrogens is 1. The van der Waals surface area contributed by atoms with Gasteiger partial charge in [0.05, 0.1) is 6.20 Å². The predicted molar refractivity (Wildman–Crippen MR) is 45.5 cm³/mol. The first kappa shape index (κ1) is 7.71. The van der Waals surface area contributed by atoms with Gasteiger partial charge in [-0.2, -0.15) is 0 Å². The van der Waals surface area contributed by atoms with Crippen LogP contribution < -0.4 is 0 Å². The van der Waals surface area contributed by atoms with Crippen LogP contribution in [0.15, 0.2) is 12.4 Å². The molecule has 64 valence electrons. The summed E-state index contributed by atoms with van der Waals surface area (Å²) in [6, 6.07) is 0. The highest BCUT2D eigenvalue weighted by molar-refractivity contribution is 5.36. The van der Waals surface area contributed by atoms with E-state index < -0.39 is 0 Å². The number of fused-ring (bicyclic) bond motifs is 1. The van der Waals surface area contributed by atoms with Crippen molar-refractivity contribution in [2.45, 2.75) is 32.1 Å². The van der Waals surface area contributed by atoms with E-state index in [4.69, 9.17) is 0 Å². The molecule has 2 heteroatoms. The van der Waals surface area contributed by atoms with E-state index in [1.54, 1.807) is 6.20 Å². The molecule has 0 N–H and O–H groups in total. The molecular weight excluding hydrogens is 153 g/mol. The van der Waals surface area contributed by atoms with Crippen LogP contribution >= 0.6 is 0 Å². The van der Waals surface area contributed by atoms with Crippen LogP contribution in [-0.2, 0) is 11.8 Å². The number of pyridine rings is 1. The lowest BCUT2D eigenvalue weighted by molar-refractivity contribution is 0.521. The second-order valence-electron chi connectivity index (χ2n) is 4.03. The van der Waals surface area contributed by atoms with Gasteiger partial charge in [-0.15, -0.1) is 0 Å². The van der Waals surface area contributed by atoms with E-state index in [0.29, 0.717) is 0 Å². The molecule has 2 rings (SSSR count). The Bertz CT molecular complexity index is 318. The largest absolute Gasteiger partial charge is 0.261 e. The minimum absolute atomic E-state index is 0.116. The fourth-order valence-corrected chi connectivity index (χ4v) is 1.87. The third-order valence-corrected chi connectivity index (χ3v) is 2.73. The smallest absolute Gasteiger partial charge is 0.144 e. The van der Waals surface area contributed by atoms with Crippen molar-refractivity contribution >= 4 is 0 Å². The maximum atomic E-state index is 13.2.